The number of aliphatic hydroxyl groups is 2. The first-order valence-corrected chi connectivity index (χ1v) is 14.7. The van der Waals surface area contributed by atoms with Crippen LogP contribution >= 0.6 is 0 Å². The summed E-state index contributed by atoms with van der Waals surface area (Å²) in [6, 6.07) is 4.87. The maximum atomic E-state index is 13.9. The molecular formula is C33H51F3N2O2. The van der Waals surface area contributed by atoms with E-state index in [0.29, 0.717) is 24.6 Å². The highest BCUT2D eigenvalue weighted by Crippen LogP contribution is 2.28. The minimum Gasteiger partial charge on any atom is -0.395 e. The summed E-state index contributed by atoms with van der Waals surface area (Å²) in [6.45, 7) is 11.1. The third-order valence-corrected chi connectivity index (χ3v) is 7.33. The van der Waals surface area contributed by atoms with Crippen molar-refractivity contribution in [3.63, 3.8) is 0 Å². The maximum Gasteiger partial charge on any atom is 0.126 e. The molecule has 4 atom stereocenters. The molecule has 0 fully saturated rings. The van der Waals surface area contributed by atoms with Crippen molar-refractivity contribution >= 4 is 0 Å². The summed E-state index contributed by atoms with van der Waals surface area (Å²) in [5.41, 5.74) is 2.21. The van der Waals surface area contributed by atoms with E-state index in [2.05, 4.69) is 31.0 Å². The summed E-state index contributed by atoms with van der Waals surface area (Å²) in [6.07, 6.45) is 14.4. The zero-order valence-corrected chi connectivity index (χ0v) is 25.1. The molecule has 226 valence electrons. The van der Waals surface area contributed by atoms with Crippen LogP contribution in [0.5, 0.6) is 0 Å². The minimum absolute atomic E-state index is 0.00231. The molecule has 0 spiro atoms. The lowest BCUT2D eigenvalue weighted by atomic mass is 9.92. The standard InChI is InChI=1S/C27H44F2N2O2.C6H7F/c1-6-10-23(11-9-16-28)26(24-14-15-25(29)20(4)19-24)30-27(33)22(7-2)13-12-21(5)31(8-3)17-18-32;7-6-4-2-1-3-5-6/h9-11,14-15,19,21-22,26-27,30,32-33H,6-8,12-13,16-18H2,1-5H3;1-2,4H,3,5H2/b11-9-,23-10+;. The third-order valence-electron chi connectivity index (χ3n) is 7.33. The number of rotatable bonds is 16. The minimum atomic E-state index is -0.774. The van der Waals surface area contributed by atoms with Crippen LogP contribution in [-0.2, 0) is 0 Å². The van der Waals surface area contributed by atoms with Gasteiger partial charge in [0, 0.05) is 19.0 Å². The number of hydrogen-bond donors (Lipinski definition) is 3. The van der Waals surface area contributed by atoms with Crippen LogP contribution in [0.3, 0.4) is 0 Å². The number of aliphatic hydroxyl groups excluding tert-OH is 2. The fourth-order valence-electron chi connectivity index (χ4n) is 4.85. The van der Waals surface area contributed by atoms with Gasteiger partial charge in [0.15, 0.2) is 0 Å². The van der Waals surface area contributed by atoms with Crippen LogP contribution in [0.4, 0.5) is 13.2 Å². The molecule has 0 saturated heterocycles. The average Bonchev–Trinajstić information content (AvgIpc) is 2.95. The molecule has 0 aromatic heterocycles. The Bertz CT molecular complexity index is 961. The fourth-order valence-corrected chi connectivity index (χ4v) is 4.85. The van der Waals surface area contributed by atoms with Gasteiger partial charge in [-0.15, -0.1) is 0 Å². The number of hydrogen-bond acceptors (Lipinski definition) is 4. The van der Waals surface area contributed by atoms with E-state index in [9.17, 15) is 23.4 Å². The Labute approximate surface area is 240 Å². The summed E-state index contributed by atoms with van der Waals surface area (Å²) >= 11 is 0. The van der Waals surface area contributed by atoms with Gasteiger partial charge in [0.1, 0.15) is 24.5 Å². The molecule has 1 aromatic rings. The van der Waals surface area contributed by atoms with Gasteiger partial charge in [-0.3, -0.25) is 10.2 Å². The highest BCUT2D eigenvalue weighted by atomic mass is 19.1. The quantitative estimate of drug-likeness (QED) is 0.143. The number of aryl methyl sites for hydroxylation is 1. The molecule has 4 unspecified atom stereocenters. The number of alkyl halides is 1. The van der Waals surface area contributed by atoms with Crippen LogP contribution in [0.15, 0.2) is 66.1 Å². The molecule has 1 aliphatic carbocycles. The van der Waals surface area contributed by atoms with E-state index < -0.39 is 12.9 Å². The van der Waals surface area contributed by atoms with Gasteiger partial charge in [-0.25, -0.2) is 13.2 Å². The third kappa shape index (κ3) is 13.0. The Hall–Kier alpha value is -2.19. The molecule has 7 heteroatoms. The van der Waals surface area contributed by atoms with Crippen LogP contribution in [-0.4, -0.2) is 53.8 Å². The molecule has 3 N–H and O–H groups in total. The van der Waals surface area contributed by atoms with Gasteiger partial charge in [-0.1, -0.05) is 63.3 Å². The van der Waals surface area contributed by atoms with Crippen molar-refractivity contribution < 1.29 is 23.4 Å². The van der Waals surface area contributed by atoms with E-state index in [1.165, 1.54) is 18.2 Å². The SMILES string of the molecule is CC/C=C(\C=C/CF)C(NC(O)C(CC)CCC(C)N(CC)CCO)c1ccc(F)c(C)c1.FC1=CC=CCC1. The molecule has 0 aliphatic heterocycles. The molecular weight excluding hydrogens is 513 g/mol. The van der Waals surface area contributed by atoms with Crippen molar-refractivity contribution in [1.29, 1.82) is 0 Å². The first kappa shape index (κ1) is 35.8. The predicted octanol–water partition coefficient (Wildman–Crippen LogP) is 7.64. The van der Waals surface area contributed by atoms with Crippen molar-refractivity contribution in [3.8, 4) is 0 Å². The first-order chi connectivity index (χ1) is 19.2. The smallest absolute Gasteiger partial charge is 0.126 e. The number of halogens is 3. The predicted molar refractivity (Wildman–Crippen MR) is 161 cm³/mol. The van der Waals surface area contributed by atoms with Crippen molar-refractivity contribution in [2.24, 2.45) is 5.92 Å². The van der Waals surface area contributed by atoms with Gasteiger partial charge < -0.3 is 10.2 Å². The summed E-state index contributed by atoms with van der Waals surface area (Å²) in [5.74, 6) is -0.248. The highest BCUT2D eigenvalue weighted by molar-refractivity contribution is 5.37. The van der Waals surface area contributed by atoms with Crippen molar-refractivity contribution in [3.05, 3.63) is 83.0 Å². The molecule has 0 amide bonds. The molecule has 1 aromatic carbocycles. The molecule has 0 bridgehead atoms. The number of nitrogens with zero attached hydrogens (tertiary/aromatic N) is 1. The lowest BCUT2D eigenvalue weighted by molar-refractivity contribution is 0.0539. The van der Waals surface area contributed by atoms with Crippen LogP contribution < -0.4 is 5.32 Å². The Morgan fingerprint density at radius 2 is 1.93 bits per heavy atom. The molecule has 0 radical (unpaired) electrons. The van der Waals surface area contributed by atoms with Crippen LogP contribution in [0.25, 0.3) is 0 Å². The van der Waals surface area contributed by atoms with Crippen molar-refractivity contribution in [2.45, 2.75) is 91.5 Å². The zero-order chi connectivity index (χ0) is 29.9. The molecule has 1 aliphatic rings. The van der Waals surface area contributed by atoms with Gasteiger partial charge in [-0.05, 0) is 87.3 Å². The second-order valence-corrected chi connectivity index (χ2v) is 10.2. The molecule has 0 saturated carbocycles. The first-order valence-electron chi connectivity index (χ1n) is 14.7. The maximum absolute atomic E-state index is 13.9. The van der Waals surface area contributed by atoms with Crippen LogP contribution in [0.2, 0.25) is 0 Å². The van der Waals surface area contributed by atoms with Crippen molar-refractivity contribution in [1.82, 2.24) is 10.2 Å². The van der Waals surface area contributed by atoms with Gasteiger partial charge >= 0.3 is 0 Å². The van der Waals surface area contributed by atoms with E-state index in [4.69, 9.17) is 0 Å². The summed E-state index contributed by atoms with van der Waals surface area (Å²) in [4.78, 5) is 2.24. The normalized spacial score (nSPS) is 16.9. The summed E-state index contributed by atoms with van der Waals surface area (Å²) in [7, 11) is 0. The number of benzene rings is 1. The Morgan fingerprint density at radius 3 is 2.42 bits per heavy atom. The Kier molecular flexibility index (Phi) is 18.5. The lowest BCUT2D eigenvalue weighted by Crippen LogP contribution is -2.40. The topological polar surface area (TPSA) is 55.7 Å². The number of allylic oxidation sites excluding steroid dienone is 6. The Morgan fingerprint density at radius 1 is 1.18 bits per heavy atom. The largest absolute Gasteiger partial charge is 0.395 e. The summed E-state index contributed by atoms with van der Waals surface area (Å²) in [5, 5.41) is 23.8. The van der Waals surface area contributed by atoms with E-state index in [1.807, 2.05) is 19.1 Å². The molecule has 4 nitrogen and oxygen atoms in total. The number of likely N-dealkylation sites (N-methyl/N-ethyl adjacent to an activating group) is 1. The average molecular weight is 565 g/mol. The van der Waals surface area contributed by atoms with Gasteiger partial charge in [0.05, 0.1) is 12.6 Å². The van der Waals surface area contributed by atoms with Crippen LogP contribution in [0, 0.1) is 18.7 Å². The second kappa shape index (κ2) is 20.7. The van der Waals surface area contributed by atoms with Gasteiger partial charge in [0.2, 0.25) is 0 Å². The van der Waals surface area contributed by atoms with E-state index in [0.717, 1.165) is 49.8 Å². The van der Waals surface area contributed by atoms with Gasteiger partial charge in [-0.2, -0.15) is 0 Å². The number of nitrogens with one attached hydrogen (secondary N) is 1. The van der Waals surface area contributed by atoms with Gasteiger partial charge in [0.25, 0.3) is 0 Å². The van der Waals surface area contributed by atoms with E-state index >= 15 is 0 Å². The fraction of sp³-hybridized carbons (Fsp3) is 0.576. The monoisotopic (exact) mass is 564 g/mol. The van der Waals surface area contributed by atoms with Crippen LogP contribution in [0.1, 0.15) is 83.4 Å². The summed E-state index contributed by atoms with van der Waals surface area (Å²) < 4.78 is 38.8. The highest BCUT2D eigenvalue weighted by Gasteiger charge is 2.25. The lowest BCUT2D eigenvalue weighted by Gasteiger charge is -2.32. The zero-order valence-electron chi connectivity index (χ0n) is 25.1. The second-order valence-electron chi connectivity index (χ2n) is 10.2. The molecule has 2 rings (SSSR count). The molecule has 40 heavy (non-hydrogen) atoms. The van der Waals surface area contributed by atoms with Crippen molar-refractivity contribution in [2.75, 3.05) is 26.4 Å². The van der Waals surface area contributed by atoms with E-state index in [-0.39, 0.29) is 30.2 Å². The molecule has 0 heterocycles. The van der Waals surface area contributed by atoms with E-state index in [1.54, 1.807) is 31.2 Å². The Balaban J connectivity index is 0.000000985.